The van der Waals surface area contributed by atoms with Gasteiger partial charge in [-0.1, -0.05) is 11.6 Å². The Bertz CT molecular complexity index is 798. The number of hydrogen-bond donors (Lipinski definition) is 1. The normalized spacial score (nSPS) is 15.4. The van der Waals surface area contributed by atoms with Crippen molar-refractivity contribution in [3.05, 3.63) is 51.2 Å². The van der Waals surface area contributed by atoms with Crippen LogP contribution < -0.4 is 10.6 Å². The van der Waals surface area contributed by atoms with Gasteiger partial charge in [-0.15, -0.1) is 0 Å². The van der Waals surface area contributed by atoms with Crippen molar-refractivity contribution in [3.8, 4) is 0 Å². The Hall–Kier alpha value is -2.52. The molecule has 0 spiro atoms. The van der Waals surface area contributed by atoms with Crippen LogP contribution in [-0.4, -0.2) is 46.0 Å². The van der Waals surface area contributed by atoms with Crippen molar-refractivity contribution < 1.29 is 9.31 Å². The van der Waals surface area contributed by atoms with E-state index in [4.69, 9.17) is 17.3 Å². The van der Waals surface area contributed by atoms with E-state index in [1.165, 1.54) is 12.3 Å². The second kappa shape index (κ2) is 7.16. The van der Waals surface area contributed by atoms with Gasteiger partial charge in [-0.25, -0.2) is 9.37 Å². The Balaban J connectivity index is 1.73. The summed E-state index contributed by atoms with van der Waals surface area (Å²) >= 11 is 6.13. The second-order valence-corrected chi connectivity index (χ2v) is 6.13. The van der Waals surface area contributed by atoms with E-state index < -0.39 is 4.92 Å². The molecule has 1 fully saturated rings. The molecule has 10 heteroatoms. The first-order valence-corrected chi connectivity index (χ1v) is 7.98. The third kappa shape index (κ3) is 3.77. The van der Waals surface area contributed by atoms with Gasteiger partial charge in [-0.05, 0) is 11.6 Å². The molecule has 2 aromatic rings. The lowest BCUT2D eigenvalue weighted by atomic mass is 10.2. The molecule has 0 radical (unpaired) electrons. The average molecular weight is 367 g/mol. The molecule has 1 aliphatic heterocycles. The molecule has 0 atom stereocenters. The van der Waals surface area contributed by atoms with E-state index in [0.29, 0.717) is 38.4 Å². The molecule has 2 aromatic heterocycles. The fraction of sp³-hybridized carbons (Fsp3) is 0.333. The summed E-state index contributed by atoms with van der Waals surface area (Å²) in [7, 11) is 0. The number of nitrogen functional groups attached to an aromatic ring is 1. The highest BCUT2D eigenvalue weighted by atomic mass is 35.5. The highest BCUT2D eigenvalue weighted by Crippen LogP contribution is 2.38. The van der Waals surface area contributed by atoms with Crippen molar-refractivity contribution in [1.82, 2.24) is 14.9 Å². The largest absolute Gasteiger partial charge is 0.378 e. The van der Waals surface area contributed by atoms with E-state index in [1.54, 1.807) is 6.20 Å². The monoisotopic (exact) mass is 366 g/mol. The van der Waals surface area contributed by atoms with E-state index in [0.717, 1.165) is 11.8 Å². The van der Waals surface area contributed by atoms with Crippen LogP contribution in [-0.2, 0) is 6.54 Å². The third-order valence-electron chi connectivity index (χ3n) is 4.05. The number of pyridine rings is 2. The molecule has 0 saturated carbocycles. The number of nitrogens with two attached hydrogens (primary N) is 1. The number of piperazine rings is 1. The van der Waals surface area contributed by atoms with E-state index >= 15 is 0 Å². The summed E-state index contributed by atoms with van der Waals surface area (Å²) in [6, 6.07) is 1.45. The topological polar surface area (TPSA) is 101 Å². The van der Waals surface area contributed by atoms with Crippen LogP contribution in [0.3, 0.4) is 0 Å². The summed E-state index contributed by atoms with van der Waals surface area (Å²) in [5.41, 5.74) is 6.46. The van der Waals surface area contributed by atoms with Gasteiger partial charge in [0.25, 0.3) is 0 Å². The van der Waals surface area contributed by atoms with Gasteiger partial charge in [0.15, 0.2) is 0 Å². The zero-order valence-corrected chi connectivity index (χ0v) is 14.0. The highest BCUT2D eigenvalue weighted by molar-refractivity contribution is 6.33. The zero-order valence-electron chi connectivity index (χ0n) is 13.2. The van der Waals surface area contributed by atoms with Gasteiger partial charge in [-0.3, -0.25) is 20.0 Å². The van der Waals surface area contributed by atoms with Crippen molar-refractivity contribution in [2.45, 2.75) is 6.54 Å². The van der Waals surface area contributed by atoms with Crippen molar-refractivity contribution in [1.29, 1.82) is 0 Å². The smallest absolute Gasteiger partial charge is 0.335 e. The molecule has 8 nitrogen and oxygen atoms in total. The first-order valence-electron chi connectivity index (χ1n) is 7.61. The van der Waals surface area contributed by atoms with Crippen molar-refractivity contribution in [3.63, 3.8) is 0 Å². The molecular weight excluding hydrogens is 351 g/mol. The summed E-state index contributed by atoms with van der Waals surface area (Å²) in [4.78, 5) is 22.3. The molecule has 0 unspecified atom stereocenters. The van der Waals surface area contributed by atoms with Crippen LogP contribution in [0.5, 0.6) is 0 Å². The van der Waals surface area contributed by atoms with Gasteiger partial charge in [0, 0.05) is 38.9 Å². The summed E-state index contributed by atoms with van der Waals surface area (Å²) in [6.45, 7) is 2.92. The minimum absolute atomic E-state index is 0.155. The van der Waals surface area contributed by atoms with E-state index in [1.807, 2.05) is 4.90 Å². The first-order chi connectivity index (χ1) is 12.0. The fourth-order valence-corrected chi connectivity index (χ4v) is 3.15. The number of rotatable bonds is 4. The molecule has 25 heavy (non-hydrogen) atoms. The molecule has 132 valence electrons. The van der Waals surface area contributed by atoms with Gasteiger partial charge in [0.1, 0.15) is 11.5 Å². The molecular formula is C15H16ClFN6O2. The van der Waals surface area contributed by atoms with E-state index in [2.05, 4.69) is 14.9 Å². The number of nitro groups is 1. The molecule has 0 aromatic carbocycles. The van der Waals surface area contributed by atoms with Crippen LogP contribution in [0.25, 0.3) is 0 Å². The van der Waals surface area contributed by atoms with Gasteiger partial charge < -0.3 is 10.6 Å². The molecule has 0 amide bonds. The lowest BCUT2D eigenvalue weighted by Crippen LogP contribution is -2.46. The molecule has 3 rings (SSSR count). The number of aromatic nitrogens is 2. The lowest BCUT2D eigenvalue weighted by molar-refractivity contribution is -0.383. The zero-order chi connectivity index (χ0) is 18.0. The van der Waals surface area contributed by atoms with Crippen LogP contribution in [0, 0.1) is 15.9 Å². The number of hydrogen-bond acceptors (Lipinski definition) is 7. The molecule has 0 aliphatic carbocycles. The number of halogens is 2. The number of nitrogens with zero attached hydrogens (tertiary/aromatic N) is 5. The summed E-state index contributed by atoms with van der Waals surface area (Å²) < 4.78 is 13.2. The van der Waals surface area contributed by atoms with E-state index in [-0.39, 0.29) is 22.3 Å². The minimum atomic E-state index is -0.561. The molecule has 1 aliphatic rings. The van der Waals surface area contributed by atoms with Gasteiger partial charge >= 0.3 is 5.69 Å². The molecule has 1 saturated heterocycles. The van der Waals surface area contributed by atoms with Crippen molar-refractivity contribution in [2.75, 3.05) is 36.8 Å². The fourth-order valence-electron chi connectivity index (χ4n) is 2.89. The van der Waals surface area contributed by atoms with E-state index in [9.17, 15) is 14.5 Å². The maximum atomic E-state index is 13.2. The van der Waals surface area contributed by atoms with Crippen molar-refractivity contribution >= 4 is 28.8 Å². The highest BCUT2D eigenvalue weighted by Gasteiger charge is 2.29. The summed E-state index contributed by atoms with van der Waals surface area (Å²) in [5, 5.41) is 11.5. The van der Waals surface area contributed by atoms with Gasteiger partial charge in [-0.2, -0.15) is 0 Å². The first kappa shape index (κ1) is 17.3. The van der Waals surface area contributed by atoms with Gasteiger partial charge in [0.05, 0.1) is 22.3 Å². The summed E-state index contributed by atoms with van der Waals surface area (Å²) in [5.74, 6) is -0.525. The van der Waals surface area contributed by atoms with Crippen LogP contribution in [0.4, 0.5) is 21.6 Å². The Kier molecular flexibility index (Phi) is 4.95. The summed E-state index contributed by atoms with van der Waals surface area (Å²) in [6.07, 6.45) is 4.11. The Morgan fingerprint density at radius 3 is 2.64 bits per heavy atom. The van der Waals surface area contributed by atoms with Crippen LogP contribution in [0.15, 0.2) is 24.7 Å². The maximum absolute atomic E-state index is 13.2. The van der Waals surface area contributed by atoms with Crippen LogP contribution >= 0.6 is 11.6 Å². The van der Waals surface area contributed by atoms with Gasteiger partial charge in [0.2, 0.25) is 5.82 Å². The maximum Gasteiger partial charge on any atom is 0.335 e. The van der Waals surface area contributed by atoms with Crippen molar-refractivity contribution in [2.24, 2.45) is 0 Å². The third-order valence-corrected chi connectivity index (χ3v) is 4.33. The predicted octanol–water partition coefficient (Wildman–Crippen LogP) is 2.08. The average Bonchev–Trinajstić information content (AvgIpc) is 2.57. The minimum Gasteiger partial charge on any atom is -0.378 e. The molecule has 2 N–H and O–H groups in total. The Morgan fingerprint density at radius 1 is 1.28 bits per heavy atom. The standard InChI is InChI=1S/C15H16ClFN6O2/c16-12-8-20-15(18)14(23(24)25)13(12)22-3-1-21(2-4-22)9-10-5-11(17)7-19-6-10/h5-8H,1-4,9H2,(H2,18,20). The predicted molar refractivity (Wildman–Crippen MR) is 92.0 cm³/mol. The van der Waals surface area contributed by atoms with Crippen LogP contribution in [0.1, 0.15) is 5.56 Å². The van der Waals surface area contributed by atoms with Crippen LogP contribution in [0.2, 0.25) is 5.02 Å². The lowest BCUT2D eigenvalue weighted by Gasteiger charge is -2.36. The SMILES string of the molecule is Nc1ncc(Cl)c(N2CCN(Cc3cncc(F)c3)CC2)c1[N+](=O)[O-]. The Morgan fingerprint density at radius 2 is 2.00 bits per heavy atom. The quantitative estimate of drug-likeness (QED) is 0.652. The number of anilines is 2. The molecule has 3 heterocycles. The Labute approximate surface area is 148 Å². The second-order valence-electron chi connectivity index (χ2n) is 5.72. The molecule has 0 bridgehead atoms.